The molecule has 11 heteroatoms. The molecule has 3 aromatic rings. The molecule has 2 unspecified atom stereocenters. The molecule has 4 heterocycles. The van der Waals surface area contributed by atoms with Crippen molar-refractivity contribution < 1.29 is 13.9 Å². The molecule has 10 nitrogen and oxygen atoms in total. The Morgan fingerprint density at radius 3 is 2.86 bits per heavy atom. The number of rotatable bonds is 5. The molecule has 6 rings (SSSR count). The van der Waals surface area contributed by atoms with E-state index in [0.29, 0.717) is 25.3 Å². The second kappa shape index (κ2) is 9.32. The predicted octanol–water partition coefficient (Wildman–Crippen LogP) is 3.03. The first-order valence-corrected chi connectivity index (χ1v) is 12.7. The lowest BCUT2D eigenvalue weighted by atomic mass is 9.80. The predicted molar refractivity (Wildman–Crippen MR) is 137 cm³/mol. The standard InChI is InChI=1S/C25H25N7O3S/c1-25-10-6-5-9-17(25)18(16-7-3-2-4-8-16)27-20(21(33)29-25)28-24-31-30-22(35-24)19-23(36-15-26-19)32-11-13-34-14-12-32/h2-9,15,20H,10-14H2,1H3,(H,28,31)(H,29,33). The summed E-state index contributed by atoms with van der Waals surface area (Å²) in [5, 5.41) is 15.5. The molecule has 0 radical (unpaired) electrons. The van der Waals surface area contributed by atoms with E-state index in [0.717, 1.165) is 34.9 Å². The Hall–Kier alpha value is -3.83. The molecular formula is C25H25N7O3S. The molecule has 1 aromatic carbocycles. The summed E-state index contributed by atoms with van der Waals surface area (Å²) in [6, 6.07) is 9.96. The van der Waals surface area contributed by atoms with E-state index in [1.54, 1.807) is 5.51 Å². The topological polar surface area (TPSA) is 118 Å². The van der Waals surface area contributed by atoms with Gasteiger partial charge in [0.05, 0.1) is 30.0 Å². The Morgan fingerprint density at radius 2 is 2.03 bits per heavy atom. The SMILES string of the molecule is CC12CC=CC=C1C(c1ccccc1)=NC(Nc1nnc(-c3ncsc3N3CCOCC3)o1)C(=O)N2. The molecule has 2 atom stereocenters. The molecule has 0 bridgehead atoms. The van der Waals surface area contributed by atoms with Crippen LogP contribution in [0.25, 0.3) is 11.6 Å². The van der Waals surface area contributed by atoms with Gasteiger partial charge in [-0.05, 0) is 13.3 Å². The summed E-state index contributed by atoms with van der Waals surface area (Å²) in [6.07, 6.45) is 5.77. The number of hydrogen-bond donors (Lipinski definition) is 2. The first kappa shape index (κ1) is 22.6. The maximum Gasteiger partial charge on any atom is 0.317 e. The van der Waals surface area contributed by atoms with Crippen molar-refractivity contribution in [2.24, 2.45) is 4.99 Å². The number of morpholine rings is 1. The van der Waals surface area contributed by atoms with Gasteiger partial charge >= 0.3 is 6.01 Å². The molecule has 2 aromatic heterocycles. The van der Waals surface area contributed by atoms with Crippen molar-refractivity contribution in [3.8, 4) is 11.6 Å². The average molecular weight is 504 g/mol. The monoisotopic (exact) mass is 503 g/mol. The van der Waals surface area contributed by atoms with Crippen molar-refractivity contribution in [2.75, 3.05) is 36.5 Å². The van der Waals surface area contributed by atoms with E-state index in [1.165, 1.54) is 11.3 Å². The zero-order chi connectivity index (χ0) is 24.5. The lowest BCUT2D eigenvalue weighted by molar-refractivity contribution is -0.122. The lowest BCUT2D eigenvalue weighted by Crippen LogP contribution is -2.51. The number of allylic oxidation sites excluding steroid dienone is 2. The smallest absolute Gasteiger partial charge is 0.317 e. The number of hydrogen-bond acceptors (Lipinski definition) is 10. The van der Waals surface area contributed by atoms with Gasteiger partial charge in [0.1, 0.15) is 5.00 Å². The zero-order valence-electron chi connectivity index (χ0n) is 19.7. The molecule has 0 saturated carbocycles. The molecule has 0 spiro atoms. The Bertz CT molecular complexity index is 1360. The lowest BCUT2D eigenvalue weighted by Gasteiger charge is -2.33. The van der Waals surface area contributed by atoms with Crippen molar-refractivity contribution in [3.63, 3.8) is 0 Å². The number of benzene rings is 1. The van der Waals surface area contributed by atoms with E-state index in [9.17, 15) is 4.79 Å². The van der Waals surface area contributed by atoms with Gasteiger partial charge in [-0.25, -0.2) is 9.98 Å². The van der Waals surface area contributed by atoms with Crippen LogP contribution in [0.2, 0.25) is 0 Å². The van der Waals surface area contributed by atoms with Crippen LogP contribution < -0.4 is 15.5 Å². The first-order valence-electron chi connectivity index (χ1n) is 11.8. The van der Waals surface area contributed by atoms with Crippen LogP contribution in [0.1, 0.15) is 18.9 Å². The summed E-state index contributed by atoms with van der Waals surface area (Å²) in [5.74, 6) is 0.0149. The number of fused-ring (bicyclic) bond motifs is 1. The van der Waals surface area contributed by atoms with E-state index in [1.807, 2.05) is 55.5 Å². The number of carbonyl (C=O) groups excluding carboxylic acids is 1. The second-order valence-corrected chi connectivity index (χ2v) is 9.78. The summed E-state index contributed by atoms with van der Waals surface area (Å²) >= 11 is 1.52. The Kier molecular flexibility index (Phi) is 5.86. The number of aliphatic imine (C=N–C) groups is 1. The van der Waals surface area contributed by atoms with Gasteiger partial charge in [0.15, 0.2) is 5.69 Å². The highest BCUT2D eigenvalue weighted by Crippen LogP contribution is 2.35. The van der Waals surface area contributed by atoms with E-state index in [-0.39, 0.29) is 17.8 Å². The molecular weight excluding hydrogens is 478 g/mol. The number of ether oxygens (including phenoxy) is 1. The molecule has 1 aliphatic carbocycles. The maximum atomic E-state index is 13.3. The average Bonchev–Trinajstić information content (AvgIpc) is 3.55. The molecule has 1 amide bonds. The van der Waals surface area contributed by atoms with Crippen LogP contribution in [0.5, 0.6) is 0 Å². The van der Waals surface area contributed by atoms with Gasteiger partial charge in [-0.15, -0.1) is 16.4 Å². The summed E-state index contributed by atoms with van der Waals surface area (Å²) in [4.78, 5) is 24.8. The van der Waals surface area contributed by atoms with Gasteiger partial charge in [-0.3, -0.25) is 4.79 Å². The largest absolute Gasteiger partial charge is 0.402 e. The van der Waals surface area contributed by atoms with E-state index >= 15 is 0 Å². The zero-order valence-corrected chi connectivity index (χ0v) is 20.5. The molecule has 1 saturated heterocycles. The third-order valence-corrected chi connectivity index (χ3v) is 7.35. The first-order chi connectivity index (χ1) is 17.6. The molecule has 1 fully saturated rings. The van der Waals surface area contributed by atoms with Gasteiger partial charge in [-0.2, -0.15) is 0 Å². The highest BCUT2D eigenvalue weighted by atomic mass is 32.1. The van der Waals surface area contributed by atoms with Gasteiger partial charge in [0, 0.05) is 24.2 Å². The normalized spacial score (nSPS) is 23.9. The van der Waals surface area contributed by atoms with Gasteiger partial charge < -0.3 is 24.7 Å². The molecule has 2 N–H and O–H groups in total. The van der Waals surface area contributed by atoms with E-state index in [4.69, 9.17) is 14.1 Å². The highest BCUT2D eigenvalue weighted by Gasteiger charge is 2.39. The molecule has 3 aliphatic rings. The fourth-order valence-electron chi connectivity index (χ4n) is 4.61. The van der Waals surface area contributed by atoms with Crippen LogP contribution in [0.3, 0.4) is 0 Å². The minimum Gasteiger partial charge on any atom is -0.402 e. The van der Waals surface area contributed by atoms with Crippen LogP contribution >= 0.6 is 11.3 Å². The van der Waals surface area contributed by atoms with E-state index in [2.05, 4.69) is 30.7 Å². The van der Waals surface area contributed by atoms with Crippen molar-refractivity contribution in [1.29, 1.82) is 0 Å². The number of anilines is 2. The van der Waals surface area contributed by atoms with Crippen molar-refractivity contribution in [1.82, 2.24) is 20.5 Å². The minimum atomic E-state index is -0.953. The van der Waals surface area contributed by atoms with Crippen LogP contribution in [0, 0.1) is 0 Å². The Labute approximate surface area is 211 Å². The van der Waals surface area contributed by atoms with Crippen LogP contribution in [0.4, 0.5) is 11.0 Å². The number of carbonyl (C=O) groups is 1. The number of nitrogens with zero attached hydrogens (tertiary/aromatic N) is 5. The summed E-state index contributed by atoms with van der Waals surface area (Å²) in [6.45, 7) is 4.89. The Morgan fingerprint density at radius 1 is 1.19 bits per heavy atom. The number of amides is 1. The third kappa shape index (κ3) is 4.20. The highest BCUT2D eigenvalue weighted by molar-refractivity contribution is 7.14. The van der Waals surface area contributed by atoms with Crippen LogP contribution in [-0.2, 0) is 9.53 Å². The third-order valence-electron chi connectivity index (χ3n) is 6.46. The fraction of sp³-hybridized carbons (Fsp3) is 0.320. The van der Waals surface area contributed by atoms with Crippen LogP contribution in [0.15, 0.2) is 69.1 Å². The number of nitrogens with one attached hydrogen (secondary N) is 2. The number of aromatic nitrogens is 3. The van der Waals surface area contributed by atoms with Crippen molar-refractivity contribution in [3.05, 3.63) is 65.2 Å². The second-order valence-electron chi connectivity index (χ2n) is 8.94. The van der Waals surface area contributed by atoms with Crippen molar-refractivity contribution in [2.45, 2.75) is 25.0 Å². The van der Waals surface area contributed by atoms with Crippen LogP contribution in [-0.4, -0.2) is 64.8 Å². The van der Waals surface area contributed by atoms with Gasteiger partial charge in [-0.1, -0.05) is 53.7 Å². The van der Waals surface area contributed by atoms with Gasteiger partial charge in [0.2, 0.25) is 6.17 Å². The Balaban J connectivity index is 1.31. The maximum absolute atomic E-state index is 13.3. The summed E-state index contributed by atoms with van der Waals surface area (Å²) in [7, 11) is 0. The minimum absolute atomic E-state index is 0.101. The summed E-state index contributed by atoms with van der Waals surface area (Å²) < 4.78 is 11.4. The van der Waals surface area contributed by atoms with E-state index < -0.39 is 11.7 Å². The van der Waals surface area contributed by atoms with Gasteiger partial charge in [0.25, 0.3) is 11.8 Å². The summed E-state index contributed by atoms with van der Waals surface area (Å²) in [5.41, 5.74) is 4.43. The molecule has 36 heavy (non-hydrogen) atoms. The van der Waals surface area contributed by atoms with Crippen molar-refractivity contribution >= 4 is 34.0 Å². The quantitative estimate of drug-likeness (QED) is 0.546. The fourth-order valence-corrected chi connectivity index (χ4v) is 5.45. The molecule has 2 aliphatic heterocycles. The number of thiazole rings is 1. The molecule has 184 valence electrons.